The molecule has 0 aromatic heterocycles. The molecule has 1 atom stereocenters. The lowest BCUT2D eigenvalue weighted by Crippen LogP contribution is -2.30. The number of aryl methyl sites for hydroxylation is 2. The van der Waals surface area contributed by atoms with E-state index in [9.17, 15) is 9.90 Å². The van der Waals surface area contributed by atoms with Crippen molar-refractivity contribution in [1.29, 1.82) is 0 Å². The Kier molecular flexibility index (Phi) is 5.33. The van der Waals surface area contributed by atoms with E-state index in [1.807, 2.05) is 56.3 Å². The molecule has 0 saturated carbocycles. The number of carbonyl (C=O) groups is 1. The molecule has 0 aliphatic heterocycles. The van der Waals surface area contributed by atoms with Crippen LogP contribution in [0.5, 0.6) is 5.75 Å². The lowest BCUT2D eigenvalue weighted by Gasteiger charge is -2.21. The second kappa shape index (κ2) is 7.08. The van der Waals surface area contributed by atoms with E-state index in [1.165, 1.54) is 5.56 Å². The second-order valence-corrected chi connectivity index (χ2v) is 7.29. The van der Waals surface area contributed by atoms with Gasteiger partial charge in [0.05, 0.1) is 0 Å². The maximum absolute atomic E-state index is 11.6. The third-order valence-electron chi connectivity index (χ3n) is 4.31. The highest BCUT2D eigenvalue weighted by molar-refractivity contribution is 5.73. The lowest BCUT2D eigenvalue weighted by atomic mass is 9.87. The summed E-state index contributed by atoms with van der Waals surface area (Å²) in [7, 11) is 0. The van der Waals surface area contributed by atoms with Gasteiger partial charge in [-0.2, -0.15) is 0 Å². The molecular formula is C21H26O3. The maximum atomic E-state index is 11.6. The standard InChI is InChI=1S/C21H26O3/c1-14-7-6-8-15(2)18(14)13-19(20(22)23)24-17-11-9-16(10-12-17)21(3,4)5/h6-12,19H,13H2,1-5H3,(H,22,23)/t19-/m0/s1. The van der Waals surface area contributed by atoms with Gasteiger partial charge in [-0.25, -0.2) is 4.79 Å². The average molecular weight is 326 g/mol. The summed E-state index contributed by atoms with van der Waals surface area (Å²) < 4.78 is 5.76. The van der Waals surface area contributed by atoms with Gasteiger partial charge in [-0.15, -0.1) is 0 Å². The number of hydrogen-bond acceptors (Lipinski definition) is 2. The number of benzene rings is 2. The van der Waals surface area contributed by atoms with Crippen LogP contribution in [-0.4, -0.2) is 17.2 Å². The SMILES string of the molecule is Cc1cccc(C)c1C[C@H](Oc1ccc(C(C)(C)C)cc1)C(=O)O. The summed E-state index contributed by atoms with van der Waals surface area (Å²) in [6.07, 6.45) is -0.542. The summed E-state index contributed by atoms with van der Waals surface area (Å²) >= 11 is 0. The monoisotopic (exact) mass is 326 g/mol. The first-order chi connectivity index (χ1) is 11.2. The normalized spacial score (nSPS) is 12.7. The average Bonchev–Trinajstić information content (AvgIpc) is 2.49. The van der Waals surface area contributed by atoms with E-state index in [0.29, 0.717) is 12.2 Å². The maximum Gasteiger partial charge on any atom is 0.345 e. The van der Waals surface area contributed by atoms with Crippen molar-refractivity contribution in [2.24, 2.45) is 0 Å². The molecule has 1 N–H and O–H groups in total. The van der Waals surface area contributed by atoms with Crippen LogP contribution in [0.2, 0.25) is 0 Å². The molecule has 0 amide bonds. The zero-order valence-corrected chi connectivity index (χ0v) is 15.1. The van der Waals surface area contributed by atoms with E-state index in [1.54, 1.807) is 0 Å². The van der Waals surface area contributed by atoms with E-state index in [2.05, 4.69) is 20.8 Å². The molecular weight excluding hydrogens is 300 g/mol. The molecule has 2 aromatic carbocycles. The number of carboxylic acids is 1. The zero-order valence-electron chi connectivity index (χ0n) is 15.1. The molecule has 0 fully saturated rings. The van der Waals surface area contributed by atoms with Gasteiger partial charge in [0, 0.05) is 6.42 Å². The van der Waals surface area contributed by atoms with Crippen LogP contribution >= 0.6 is 0 Å². The van der Waals surface area contributed by atoms with Crippen LogP contribution in [0, 0.1) is 13.8 Å². The molecule has 128 valence electrons. The van der Waals surface area contributed by atoms with Gasteiger partial charge >= 0.3 is 5.97 Å². The van der Waals surface area contributed by atoms with Crippen LogP contribution in [0.15, 0.2) is 42.5 Å². The minimum atomic E-state index is -0.947. The number of aliphatic carboxylic acids is 1. The molecule has 3 heteroatoms. The summed E-state index contributed by atoms with van der Waals surface area (Å²) in [6, 6.07) is 13.7. The predicted octanol–water partition coefficient (Wildman–Crippen LogP) is 4.68. The smallest absolute Gasteiger partial charge is 0.345 e. The van der Waals surface area contributed by atoms with Crippen molar-refractivity contribution >= 4 is 5.97 Å². The Bertz CT molecular complexity index is 689. The van der Waals surface area contributed by atoms with Crippen molar-refractivity contribution < 1.29 is 14.6 Å². The first-order valence-electron chi connectivity index (χ1n) is 8.23. The lowest BCUT2D eigenvalue weighted by molar-refractivity contribution is -0.145. The van der Waals surface area contributed by atoms with Crippen molar-refractivity contribution in [2.45, 2.75) is 52.6 Å². The molecule has 24 heavy (non-hydrogen) atoms. The second-order valence-electron chi connectivity index (χ2n) is 7.29. The fourth-order valence-corrected chi connectivity index (χ4v) is 2.73. The molecule has 0 heterocycles. The highest BCUT2D eigenvalue weighted by Gasteiger charge is 2.22. The van der Waals surface area contributed by atoms with Crippen LogP contribution in [0.3, 0.4) is 0 Å². The summed E-state index contributed by atoms with van der Waals surface area (Å²) in [5, 5.41) is 9.54. The van der Waals surface area contributed by atoms with E-state index >= 15 is 0 Å². The van der Waals surface area contributed by atoms with E-state index in [4.69, 9.17) is 4.74 Å². The number of hydrogen-bond donors (Lipinski definition) is 1. The molecule has 2 aromatic rings. The Labute approximate surface area is 144 Å². The number of carboxylic acid groups (broad SMARTS) is 1. The van der Waals surface area contributed by atoms with Gasteiger partial charge in [-0.05, 0) is 53.6 Å². The Balaban J connectivity index is 2.19. The van der Waals surface area contributed by atoms with Gasteiger partial charge in [0.1, 0.15) is 5.75 Å². The number of rotatable bonds is 5. The first kappa shape index (κ1) is 18.1. The van der Waals surface area contributed by atoms with Crippen molar-refractivity contribution in [3.63, 3.8) is 0 Å². The van der Waals surface area contributed by atoms with Gasteiger partial charge in [0.15, 0.2) is 6.10 Å². The van der Waals surface area contributed by atoms with Crippen molar-refractivity contribution in [3.8, 4) is 5.75 Å². The molecule has 0 aliphatic rings. The van der Waals surface area contributed by atoms with E-state index < -0.39 is 12.1 Å². The molecule has 0 unspecified atom stereocenters. The van der Waals surface area contributed by atoms with Gasteiger partial charge in [0.2, 0.25) is 0 Å². The summed E-state index contributed by atoms with van der Waals surface area (Å²) in [5.74, 6) is -0.362. The predicted molar refractivity (Wildman–Crippen MR) is 96.8 cm³/mol. The quantitative estimate of drug-likeness (QED) is 0.868. The van der Waals surface area contributed by atoms with Crippen molar-refractivity contribution in [1.82, 2.24) is 0 Å². The fraction of sp³-hybridized carbons (Fsp3) is 0.381. The summed E-state index contributed by atoms with van der Waals surface area (Å²) in [4.78, 5) is 11.6. The molecule has 0 aliphatic carbocycles. The first-order valence-corrected chi connectivity index (χ1v) is 8.23. The highest BCUT2D eigenvalue weighted by atomic mass is 16.5. The van der Waals surface area contributed by atoms with E-state index in [-0.39, 0.29) is 5.41 Å². The van der Waals surface area contributed by atoms with Crippen LogP contribution in [-0.2, 0) is 16.6 Å². The molecule has 0 bridgehead atoms. The van der Waals surface area contributed by atoms with Crippen LogP contribution < -0.4 is 4.74 Å². The largest absolute Gasteiger partial charge is 0.478 e. The van der Waals surface area contributed by atoms with Crippen molar-refractivity contribution in [2.75, 3.05) is 0 Å². The Morgan fingerprint density at radius 1 is 1.04 bits per heavy atom. The van der Waals surface area contributed by atoms with Crippen LogP contribution in [0.25, 0.3) is 0 Å². The third-order valence-corrected chi connectivity index (χ3v) is 4.31. The molecule has 0 spiro atoms. The highest BCUT2D eigenvalue weighted by Crippen LogP contribution is 2.25. The minimum Gasteiger partial charge on any atom is -0.478 e. The Morgan fingerprint density at radius 2 is 1.58 bits per heavy atom. The minimum absolute atomic E-state index is 0.0585. The van der Waals surface area contributed by atoms with Gasteiger partial charge in [-0.3, -0.25) is 0 Å². The van der Waals surface area contributed by atoms with Crippen molar-refractivity contribution in [3.05, 3.63) is 64.7 Å². The van der Waals surface area contributed by atoms with Gasteiger partial charge < -0.3 is 9.84 Å². The zero-order chi connectivity index (χ0) is 17.9. The molecule has 0 radical (unpaired) electrons. The summed E-state index contributed by atoms with van der Waals surface area (Å²) in [5.41, 5.74) is 4.47. The van der Waals surface area contributed by atoms with Gasteiger partial charge in [-0.1, -0.05) is 51.1 Å². The molecule has 3 nitrogen and oxygen atoms in total. The number of ether oxygens (including phenoxy) is 1. The van der Waals surface area contributed by atoms with E-state index in [0.717, 1.165) is 16.7 Å². The van der Waals surface area contributed by atoms with Gasteiger partial charge in [0.25, 0.3) is 0 Å². The topological polar surface area (TPSA) is 46.5 Å². The fourth-order valence-electron chi connectivity index (χ4n) is 2.73. The third kappa shape index (κ3) is 4.38. The van der Waals surface area contributed by atoms with Crippen LogP contribution in [0.1, 0.15) is 43.0 Å². The summed E-state index contributed by atoms with van der Waals surface area (Å²) in [6.45, 7) is 10.4. The molecule has 2 rings (SSSR count). The molecule has 0 saturated heterocycles. The Hall–Kier alpha value is -2.29. The van der Waals surface area contributed by atoms with Crippen LogP contribution in [0.4, 0.5) is 0 Å². The Morgan fingerprint density at radius 3 is 2.04 bits per heavy atom.